The Labute approximate surface area is 157 Å². The first-order valence-electron chi connectivity index (χ1n) is 9.00. The van der Waals surface area contributed by atoms with Gasteiger partial charge in [0, 0.05) is 6.42 Å². The summed E-state index contributed by atoms with van der Waals surface area (Å²) >= 11 is 0. The van der Waals surface area contributed by atoms with Gasteiger partial charge in [-0.25, -0.2) is 19.3 Å². The van der Waals surface area contributed by atoms with E-state index < -0.39 is 5.91 Å². The monoisotopic (exact) mass is 367 g/mol. The van der Waals surface area contributed by atoms with Crippen LogP contribution < -0.4 is 11.4 Å². The summed E-state index contributed by atoms with van der Waals surface area (Å²) in [4.78, 5) is 36.0. The van der Waals surface area contributed by atoms with Crippen molar-refractivity contribution in [2.24, 2.45) is 11.7 Å². The minimum absolute atomic E-state index is 0.00937. The normalized spacial score (nSPS) is 12.1. The molecule has 0 saturated carbocycles. The largest absolute Gasteiger partial charge is 0.364 e. The highest BCUT2D eigenvalue weighted by molar-refractivity contribution is 6.01. The molecule has 0 bridgehead atoms. The van der Waals surface area contributed by atoms with Crippen molar-refractivity contribution in [3.05, 3.63) is 51.8 Å². The second kappa shape index (κ2) is 6.64. The highest BCUT2D eigenvalue weighted by atomic mass is 16.2. The number of H-pyrrole nitrogens is 1. The van der Waals surface area contributed by atoms with Crippen molar-refractivity contribution in [3.63, 3.8) is 0 Å². The smallest absolute Gasteiger partial charge is 0.332 e. The van der Waals surface area contributed by atoms with Gasteiger partial charge in [0.25, 0.3) is 5.91 Å². The molecule has 7 nitrogen and oxygen atoms in total. The van der Waals surface area contributed by atoms with Crippen LogP contribution in [0.25, 0.3) is 16.9 Å². The van der Waals surface area contributed by atoms with E-state index in [-0.39, 0.29) is 22.3 Å². The summed E-state index contributed by atoms with van der Waals surface area (Å²) in [6.45, 7) is 10.5. The number of nitrogens with zero attached hydrogens (tertiary/aromatic N) is 3. The number of nitrogens with two attached hydrogens (primary N) is 1. The molecule has 0 atom stereocenters. The fourth-order valence-corrected chi connectivity index (χ4v) is 3.01. The zero-order valence-electron chi connectivity index (χ0n) is 16.3. The van der Waals surface area contributed by atoms with Crippen LogP contribution >= 0.6 is 0 Å². The molecule has 0 spiro atoms. The average Bonchev–Trinajstić information content (AvgIpc) is 2.88. The lowest BCUT2D eigenvalue weighted by molar-refractivity contribution is 0.0996. The van der Waals surface area contributed by atoms with Crippen LogP contribution in [-0.4, -0.2) is 25.4 Å². The Hall–Kier alpha value is -2.96. The lowest BCUT2D eigenvalue weighted by atomic mass is 9.87. The van der Waals surface area contributed by atoms with E-state index in [0.717, 1.165) is 5.56 Å². The second-order valence-electron chi connectivity index (χ2n) is 8.21. The number of carbonyl (C=O) groups is 1. The van der Waals surface area contributed by atoms with Gasteiger partial charge in [0.05, 0.1) is 5.69 Å². The van der Waals surface area contributed by atoms with Crippen molar-refractivity contribution < 1.29 is 4.79 Å². The van der Waals surface area contributed by atoms with Crippen LogP contribution in [0.4, 0.5) is 0 Å². The Morgan fingerprint density at radius 2 is 1.81 bits per heavy atom. The van der Waals surface area contributed by atoms with Crippen LogP contribution in [0, 0.1) is 5.92 Å². The van der Waals surface area contributed by atoms with Crippen LogP contribution in [0.5, 0.6) is 0 Å². The van der Waals surface area contributed by atoms with Gasteiger partial charge in [-0.2, -0.15) is 0 Å². The number of aromatic nitrogens is 4. The third kappa shape index (κ3) is 3.63. The maximum Gasteiger partial charge on any atom is 0.332 e. The number of benzene rings is 1. The summed E-state index contributed by atoms with van der Waals surface area (Å²) in [7, 11) is 0. The first-order valence-corrected chi connectivity index (χ1v) is 9.00. The number of rotatable bonds is 4. The minimum atomic E-state index is -0.691. The van der Waals surface area contributed by atoms with E-state index in [0.29, 0.717) is 29.5 Å². The van der Waals surface area contributed by atoms with Gasteiger partial charge < -0.3 is 10.7 Å². The molecule has 0 saturated heterocycles. The van der Waals surface area contributed by atoms with Crippen molar-refractivity contribution in [2.45, 2.75) is 46.5 Å². The molecule has 2 heterocycles. The highest BCUT2D eigenvalue weighted by Crippen LogP contribution is 2.24. The Balaban J connectivity index is 2.24. The first kappa shape index (κ1) is 18.8. The average molecular weight is 367 g/mol. The predicted octanol–water partition coefficient (Wildman–Crippen LogP) is 2.70. The van der Waals surface area contributed by atoms with E-state index in [1.807, 2.05) is 38.1 Å². The van der Waals surface area contributed by atoms with Crippen LogP contribution in [0.2, 0.25) is 0 Å². The number of aromatic amines is 1. The molecule has 0 aliphatic heterocycles. The number of primary amides is 1. The zero-order chi connectivity index (χ0) is 19.9. The number of hydrogen-bond donors (Lipinski definition) is 2. The minimum Gasteiger partial charge on any atom is -0.364 e. The van der Waals surface area contributed by atoms with Crippen molar-refractivity contribution in [2.75, 3.05) is 0 Å². The fourth-order valence-electron chi connectivity index (χ4n) is 3.01. The molecule has 27 heavy (non-hydrogen) atoms. The maximum absolute atomic E-state index is 12.6. The fraction of sp³-hybridized carbons (Fsp3) is 0.400. The molecule has 0 radical (unpaired) electrons. The molecule has 1 aromatic carbocycles. The molecular formula is C20H25N5O2. The number of hydrogen-bond acceptors (Lipinski definition) is 4. The molecule has 2 aromatic heterocycles. The summed E-state index contributed by atoms with van der Waals surface area (Å²) in [5, 5.41) is 0. The van der Waals surface area contributed by atoms with Crippen molar-refractivity contribution in [1.82, 2.24) is 19.5 Å². The lowest BCUT2D eigenvalue weighted by Gasteiger charge is -2.19. The first-order chi connectivity index (χ1) is 12.6. The summed E-state index contributed by atoms with van der Waals surface area (Å²) in [6.07, 6.45) is 0.582. The lowest BCUT2D eigenvalue weighted by Crippen LogP contribution is -2.17. The van der Waals surface area contributed by atoms with E-state index >= 15 is 0 Å². The molecule has 7 heteroatoms. The van der Waals surface area contributed by atoms with Crippen molar-refractivity contribution in [3.8, 4) is 5.69 Å². The maximum atomic E-state index is 12.6. The van der Waals surface area contributed by atoms with Gasteiger partial charge in [-0.15, -0.1) is 0 Å². The number of fused-ring (bicyclic) bond motifs is 1. The Morgan fingerprint density at radius 1 is 1.19 bits per heavy atom. The van der Waals surface area contributed by atoms with Gasteiger partial charge >= 0.3 is 5.69 Å². The van der Waals surface area contributed by atoms with Crippen LogP contribution in [-0.2, 0) is 11.8 Å². The van der Waals surface area contributed by atoms with E-state index in [2.05, 4.69) is 35.7 Å². The van der Waals surface area contributed by atoms with Crippen molar-refractivity contribution >= 4 is 17.1 Å². The van der Waals surface area contributed by atoms with Gasteiger partial charge in [-0.1, -0.05) is 46.8 Å². The van der Waals surface area contributed by atoms with E-state index in [1.165, 1.54) is 4.57 Å². The second-order valence-corrected chi connectivity index (χ2v) is 8.21. The number of carbonyl (C=O) groups excluding carboxylic acids is 1. The third-order valence-corrected chi connectivity index (χ3v) is 4.40. The summed E-state index contributed by atoms with van der Waals surface area (Å²) in [5.74, 6) is 0.0996. The Morgan fingerprint density at radius 3 is 2.33 bits per heavy atom. The molecule has 1 amide bonds. The molecule has 0 unspecified atom stereocenters. The molecule has 0 fully saturated rings. The molecule has 0 aliphatic rings. The SMILES string of the molecule is CC(C)Cc1nc(C(N)=O)c2[nH]c(=O)n(-c3ccc(C(C)(C)C)cc3)c2n1. The van der Waals surface area contributed by atoms with E-state index in [4.69, 9.17) is 5.73 Å². The van der Waals surface area contributed by atoms with E-state index in [9.17, 15) is 9.59 Å². The molecule has 0 aliphatic carbocycles. The predicted molar refractivity (Wildman–Crippen MR) is 105 cm³/mol. The molecular weight excluding hydrogens is 342 g/mol. The quantitative estimate of drug-likeness (QED) is 0.739. The molecule has 3 N–H and O–H groups in total. The molecule has 3 aromatic rings. The third-order valence-electron chi connectivity index (χ3n) is 4.40. The summed E-state index contributed by atoms with van der Waals surface area (Å²) in [5.41, 5.74) is 7.61. The zero-order valence-corrected chi connectivity index (χ0v) is 16.3. The van der Waals surface area contributed by atoms with Crippen LogP contribution in [0.15, 0.2) is 29.1 Å². The van der Waals surface area contributed by atoms with Gasteiger partial charge in [0.2, 0.25) is 0 Å². The van der Waals surface area contributed by atoms with Gasteiger partial charge in [-0.3, -0.25) is 4.79 Å². The Kier molecular flexibility index (Phi) is 4.63. The molecule has 3 rings (SSSR count). The number of imidazole rings is 1. The van der Waals surface area contributed by atoms with Gasteiger partial charge in [-0.05, 0) is 29.0 Å². The number of nitrogens with one attached hydrogen (secondary N) is 1. The van der Waals surface area contributed by atoms with Crippen molar-refractivity contribution in [1.29, 1.82) is 0 Å². The molecule has 142 valence electrons. The van der Waals surface area contributed by atoms with Gasteiger partial charge in [0.1, 0.15) is 11.3 Å². The summed E-state index contributed by atoms with van der Waals surface area (Å²) in [6, 6.07) is 7.74. The summed E-state index contributed by atoms with van der Waals surface area (Å²) < 4.78 is 1.46. The van der Waals surface area contributed by atoms with Crippen LogP contribution in [0.3, 0.4) is 0 Å². The van der Waals surface area contributed by atoms with Gasteiger partial charge in [0.15, 0.2) is 11.3 Å². The topological polar surface area (TPSA) is 107 Å². The standard InChI is InChI=1S/C20H25N5O2/c1-11(2)10-14-22-15(17(21)26)16-18(23-14)25(19(27)24-16)13-8-6-12(7-9-13)20(3,4)5/h6-9,11H,10H2,1-5H3,(H2,21,26)(H,24,27). The van der Waals surface area contributed by atoms with Crippen LogP contribution in [0.1, 0.15) is 56.5 Å². The number of amides is 1. The Bertz CT molecular complexity index is 1050. The highest BCUT2D eigenvalue weighted by Gasteiger charge is 2.20. The van der Waals surface area contributed by atoms with E-state index in [1.54, 1.807) is 0 Å².